The van der Waals surface area contributed by atoms with Gasteiger partial charge >= 0.3 is 5.97 Å². The van der Waals surface area contributed by atoms with Gasteiger partial charge in [-0.15, -0.1) is 0 Å². The van der Waals surface area contributed by atoms with Gasteiger partial charge < -0.3 is 19.3 Å². The average Bonchev–Trinajstić information content (AvgIpc) is 2.86. The summed E-state index contributed by atoms with van der Waals surface area (Å²) in [7, 11) is 3.21. The number of carboxylic acid groups (broad SMARTS) is 1. The number of carboxylic acids is 1. The second-order valence-electron chi connectivity index (χ2n) is 10.3. The summed E-state index contributed by atoms with van der Waals surface area (Å²) in [6.07, 6.45) is 1.62. The van der Waals surface area contributed by atoms with E-state index in [2.05, 4.69) is 20.8 Å². The standard InChI is InChI=1S/C31H37FO5/c1-31(2,3)28-14-8-21(17-26(28)27-19-25(36-5)13-15-29(27)32)20-37-24-11-9-22(10-12-24)23(18-30(33)34)7-6-16-35-4/h8-15,17,19,23H,6-7,16,18,20H2,1-5H3,(H,33,34)/t23-/m1/s1. The van der Waals surface area contributed by atoms with Crippen LogP contribution in [0.15, 0.2) is 60.7 Å². The van der Waals surface area contributed by atoms with Gasteiger partial charge in [-0.05, 0) is 82.8 Å². The number of halogens is 1. The van der Waals surface area contributed by atoms with Crippen molar-refractivity contribution in [3.63, 3.8) is 0 Å². The maximum absolute atomic E-state index is 14.9. The van der Waals surface area contributed by atoms with Gasteiger partial charge in [-0.25, -0.2) is 4.39 Å². The van der Waals surface area contributed by atoms with Crippen LogP contribution in [0, 0.1) is 5.82 Å². The number of hydrogen-bond donors (Lipinski definition) is 1. The largest absolute Gasteiger partial charge is 0.497 e. The molecule has 0 heterocycles. The second kappa shape index (κ2) is 12.7. The topological polar surface area (TPSA) is 65.0 Å². The highest BCUT2D eigenvalue weighted by Gasteiger charge is 2.21. The van der Waals surface area contributed by atoms with Crippen molar-refractivity contribution in [3.05, 3.63) is 83.2 Å². The minimum absolute atomic E-state index is 0.0769. The van der Waals surface area contributed by atoms with Gasteiger partial charge in [0.05, 0.1) is 13.5 Å². The summed E-state index contributed by atoms with van der Waals surface area (Å²) >= 11 is 0. The van der Waals surface area contributed by atoms with E-state index in [0.717, 1.165) is 35.1 Å². The highest BCUT2D eigenvalue weighted by molar-refractivity contribution is 5.71. The molecule has 0 amide bonds. The molecule has 0 aliphatic heterocycles. The van der Waals surface area contributed by atoms with E-state index >= 15 is 0 Å². The molecular weight excluding hydrogens is 471 g/mol. The summed E-state index contributed by atoms with van der Waals surface area (Å²) in [5.41, 5.74) is 4.04. The Morgan fingerprint density at radius 1 is 0.946 bits per heavy atom. The summed E-state index contributed by atoms with van der Waals surface area (Å²) in [6.45, 7) is 7.24. The smallest absolute Gasteiger partial charge is 0.303 e. The summed E-state index contributed by atoms with van der Waals surface area (Å²) in [4.78, 5) is 11.3. The molecule has 1 atom stereocenters. The minimum Gasteiger partial charge on any atom is -0.497 e. The van der Waals surface area contributed by atoms with Crippen LogP contribution in [0.5, 0.6) is 11.5 Å². The van der Waals surface area contributed by atoms with Gasteiger partial charge in [0.2, 0.25) is 0 Å². The molecule has 0 saturated heterocycles. The minimum atomic E-state index is -0.815. The number of hydrogen-bond acceptors (Lipinski definition) is 4. The molecule has 6 heteroatoms. The van der Waals surface area contributed by atoms with Crippen molar-refractivity contribution >= 4 is 5.97 Å². The van der Waals surface area contributed by atoms with Crippen LogP contribution in [0.4, 0.5) is 4.39 Å². The Labute approximate surface area is 219 Å². The highest BCUT2D eigenvalue weighted by Crippen LogP contribution is 2.37. The van der Waals surface area contributed by atoms with E-state index in [1.54, 1.807) is 26.4 Å². The van der Waals surface area contributed by atoms with Gasteiger partial charge in [0.1, 0.15) is 23.9 Å². The fourth-order valence-corrected chi connectivity index (χ4v) is 4.47. The average molecular weight is 509 g/mol. The van der Waals surface area contributed by atoms with Gasteiger partial charge in [-0.3, -0.25) is 4.79 Å². The zero-order chi connectivity index (χ0) is 27.0. The molecular formula is C31H37FO5. The number of rotatable bonds is 12. The fourth-order valence-electron chi connectivity index (χ4n) is 4.47. The first-order valence-corrected chi connectivity index (χ1v) is 12.5. The Hall–Kier alpha value is -3.38. The Morgan fingerprint density at radius 3 is 2.27 bits per heavy atom. The van der Waals surface area contributed by atoms with Gasteiger partial charge in [0.25, 0.3) is 0 Å². The molecule has 0 radical (unpaired) electrons. The summed E-state index contributed by atoms with van der Waals surface area (Å²) in [5, 5.41) is 9.30. The van der Waals surface area contributed by atoms with Crippen LogP contribution < -0.4 is 9.47 Å². The molecule has 5 nitrogen and oxygen atoms in total. The molecule has 0 saturated carbocycles. The van der Waals surface area contributed by atoms with Crippen molar-refractivity contribution in [2.45, 2.75) is 58.0 Å². The lowest BCUT2D eigenvalue weighted by atomic mass is 9.81. The predicted octanol–water partition coefficient (Wildman–Crippen LogP) is 7.36. The second-order valence-corrected chi connectivity index (χ2v) is 10.3. The van der Waals surface area contributed by atoms with E-state index in [9.17, 15) is 14.3 Å². The Kier molecular flexibility index (Phi) is 9.70. The fraction of sp³-hybridized carbons (Fsp3) is 0.387. The lowest BCUT2D eigenvalue weighted by molar-refractivity contribution is -0.137. The molecule has 0 unspecified atom stereocenters. The van der Waals surface area contributed by atoms with Crippen molar-refractivity contribution in [1.29, 1.82) is 0 Å². The highest BCUT2D eigenvalue weighted by atomic mass is 19.1. The predicted molar refractivity (Wildman–Crippen MR) is 144 cm³/mol. The van der Waals surface area contributed by atoms with Crippen LogP contribution in [0.1, 0.15) is 62.6 Å². The van der Waals surface area contributed by atoms with E-state index < -0.39 is 5.97 Å². The molecule has 3 rings (SSSR count). The summed E-state index contributed by atoms with van der Waals surface area (Å²) in [5.74, 6) is 0.0863. The SMILES string of the molecule is COCCC[C@H](CC(=O)O)c1ccc(OCc2ccc(C(C)(C)C)c(-c3cc(OC)ccc3F)c2)cc1. The van der Waals surface area contributed by atoms with Crippen LogP contribution in [0.25, 0.3) is 11.1 Å². The molecule has 3 aromatic carbocycles. The Morgan fingerprint density at radius 2 is 1.65 bits per heavy atom. The van der Waals surface area contributed by atoms with Crippen LogP contribution in [0.2, 0.25) is 0 Å². The number of benzene rings is 3. The third-order valence-corrected chi connectivity index (χ3v) is 6.43. The van der Waals surface area contributed by atoms with Gasteiger partial charge in [0.15, 0.2) is 0 Å². The van der Waals surface area contributed by atoms with Gasteiger partial charge in [-0.1, -0.05) is 45.0 Å². The third kappa shape index (κ3) is 7.80. The molecule has 198 valence electrons. The van der Waals surface area contributed by atoms with Crippen molar-refractivity contribution in [3.8, 4) is 22.6 Å². The van der Waals surface area contributed by atoms with Crippen molar-refractivity contribution in [1.82, 2.24) is 0 Å². The Balaban J connectivity index is 1.80. The Bertz CT molecular complexity index is 1180. The van der Waals surface area contributed by atoms with Crippen molar-refractivity contribution in [2.24, 2.45) is 0 Å². The van der Waals surface area contributed by atoms with Crippen molar-refractivity contribution < 1.29 is 28.5 Å². The normalized spacial score (nSPS) is 12.3. The van der Waals surface area contributed by atoms with Crippen LogP contribution in [0.3, 0.4) is 0 Å². The lowest BCUT2D eigenvalue weighted by Crippen LogP contribution is -2.13. The van der Waals surface area contributed by atoms with Crippen LogP contribution >= 0.6 is 0 Å². The summed E-state index contributed by atoms with van der Waals surface area (Å²) < 4.78 is 31.4. The number of aliphatic carboxylic acids is 1. The van der Waals surface area contributed by atoms with Gasteiger partial charge in [-0.2, -0.15) is 0 Å². The van der Waals surface area contributed by atoms with E-state index in [4.69, 9.17) is 14.2 Å². The number of methoxy groups -OCH3 is 2. The first-order valence-electron chi connectivity index (χ1n) is 12.5. The molecule has 3 aromatic rings. The summed E-state index contributed by atoms with van der Waals surface area (Å²) in [6, 6.07) is 18.4. The van der Waals surface area contributed by atoms with E-state index in [1.165, 1.54) is 6.07 Å². The molecule has 0 aromatic heterocycles. The van der Waals surface area contributed by atoms with E-state index in [0.29, 0.717) is 30.3 Å². The third-order valence-electron chi connectivity index (χ3n) is 6.43. The lowest BCUT2D eigenvalue weighted by Gasteiger charge is -2.24. The number of ether oxygens (including phenoxy) is 3. The van der Waals surface area contributed by atoms with Crippen LogP contribution in [-0.4, -0.2) is 31.9 Å². The van der Waals surface area contributed by atoms with E-state index in [-0.39, 0.29) is 23.6 Å². The van der Waals surface area contributed by atoms with Crippen molar-refractivity contribution in [2.75, 3.05) is 20.8 Å². The first kappa shape index (κ1) is 28.2. The van der Waals surface area contributed by atoms with E-state index in [1.807, 2.05) is 42.5 Å². The molecule has 37 heavy (non-hydrogen) atoms. The molecule has 0 spiro atoms. The van der Waals surface area contributed by atoms with Crippen LogP contribution in [-0.2, 0) is 21.6 Å². The molecule has 0 fully saturated rings. The van der Waals surface area contributed by atoms with Gasteiger partial charge in [0, 0.05) is 19.3 Å². The zero-order valence-electron chi connectivity index (χ0n) is 22.3. The maximum Gasteiger partial charge on any atom is 0.303 e. The molecule has 0 aliphatic rings. The number of carbonyl (C=O) groups is 1. The maximum atomic E-state index is 14.9. The quantitative estimate of drug-likeness (QED) is 0.259. The first-order chi connectivity index (χ1) is 17.6. The zero-order valence-corrected chi connectivity index (χ0v) is 22.3. The molecule has 1 N–H and O–H groups in total. The molecule has 0 aliphatic carbocycles. The molecule has 0 bridgehead atoms. The monoisotopic (exact) mass is 508 g/mol.